The summed E-state index contributed by atoms with van der Waals surface area (Å²) in [5, 5.41) is 18.5. The average Bonchev–Trinajstić information content (AvgIpc) is 2.35. The lowest BCUT2D eigenvalue weighted by molar-refractivity contribution is 0.117. The summed E-state index contributed by atoms with van der Waals surface area (Å²) in [6, 6.07) is 11.7. The number of aliphatic hydroxyl groups excluding tert-OH is 1. The third kappa shape index (κ3) is 4.01. The van der Waals surface area contributed by atoms with Gasteiger partial charge >= 0.3 is 0 Å². The molecule has 0 spiro atoms. The van der Waals surface area contributed by atoms with Gasteiger partial charge in [0.1, 0.15) is 0 Å². The van der Waals surface area contributed by atoms with Crippen molar-refractivity contribution in [3.05, 3.63) is 35.9 Å². The van der Waals surface area contributed by atoms with Crippen molar-refractivity contribution >= 4 is 0 Å². The topological polar surface area (TPSA) is 47.3 Å². The van der Waals surface area contributed by atoms with Crippen LogP contribution in [0, 0.1) is 11.3 Å². The molecule has 1 aromatic carbocycles. The Hall–Kier alpha value is -1.37. The van der Waals surface area contributed by atoms with Gasteiger partial charge in [0, 0.05) is 19.5 Å². The summed E-state index contributed by atoms with van der Waals surface area (Å²) in [6.45, 7) is 4.19. The highest BCUT2D eigenvalue weighted by atomic mass is 16.3. The summed E-state index contributed by atoms with van der Waals surface area (Å²) in [4.78, 5) is 2.08. The predicted octanol–water partition coefficient (Wildman–Crippen LogP) is 1.96. The molecule has 0 aliphatic rings. The van der Waals surface area contributed by atoms with Gasteiger partial charge in [-0.1, -0.05) is 37.3 Å². The molecule has 0 amide bonds. The second kappa shape index (κ2) is 7.00. The highest BCUT2D eigenvalue weighted by molar-refractivity contribution is 5.17. The fourth-order valence-electron chi connectivity index (χ4n) is 1.61. The van der Waals surface area contributed by atoms with Crippen molar-refractivity contribution in [3.8, 4) is 6.07 Å². The minimum absolute atomic E-state index is 0.472. The zero-order valence-corrected chi connectivity index (χ0v) is 9.63. The van der Waals surface area contributed by atoms with E-state index >= 15 is 0 Å². The SMILES string of the molecule is CCN(CCC#N)CC(O)c1ccccc1. The van der Waals surface area contributed by atoms with Crippen molar-refractivity contribution in [1.82, 2.24) is 4.90 Å². The van der Waals surface area contributed by atoms with E-state index < -0.39 is 6.10 Å². The molecular formula is C13H18N2O. The molecule has 3 heteroatoms. The van der Waals surface area contributed by atoms with Crippen molar-refractivity contribution in [1.29, 1.82) is 5.26 Å². The van der Waals surface area contributed by atoms with E-state index in [2.05, 4.69) is 11.0 Å². The van der Waals surface area contributed by atoms with E-state index in [0.29, 0.717) is 13.0 Å². The fourth-order valence-corrected chi connectivity index (χ4v) is 1.61. The Labute approximate surface area is 96.9 Å². The summed E-state index contributed by atoms with van der Waals surface area (Å²) < 4.78 is 0. The molecule has 1 atom stereocenters. The third-order valence-electron chi connectivity index (χ3n) is 2.60. The Morgan fingerprint density at radius 3 is 2.62 bits per heavy atom. The largest absolute Gasteiger partial charge is 0.387 e. The van der Waals surface area contributed by atoms with E-state index in [9.17, 15) is 5.11 Å². The van der Waals surface area contributed by atoms with E-state index in [0.717, 1.165) is 18.7 Å². The fraction of sp³-hybridized carbons (Fsp3) is 0.462. The van der Waals surface area contributed by atoms with Crippen LogP contribution in [0.2, 0.25) is 0 Å². The maximum Gasteiger partial charge on any atom is 0.0916 e. The Morgan fingerprint density at radius 2 is 2.06 bits per heavy atom. The van der Waals surface area contributed by atoms with Crippen LogP contribution in [0.3, 0.4) is 0 Å². The third-order valence-corrected chi connectivity index (χ3v) is 2.60. The maximum atomic E-state index is 10.00. The molecule has 0 saturated heterocycles. The minimum Gasteiger partial charge on any atom is -0.387 e. The van der Waals surface area contributed by atoms with Gasteiger partial charge in [0.2, 0.25) is 0 Å². The van der Waals surface area contributed by atoms with Gasteiger partial charge in [-0.2, -0.15) is 5.26 Å². The molecule has 0 saturated carbocycles. The molecule has 0 aliphatic carbocycles. The van der Waals surface area contributed by atoms with Gasteiger partial charge in [0.15, 0.2) is 0 Å². The monoisotopic (exact) mass is 218 g/mol. The van der Waals surface area contributed by atoms with Gasteiger partial charge in [-0.15, -0.1) is 0 Å². The molecule has 0 fully saturated rings. The summed E-state index contributed by atoms with van der Waals surface area (Å²) in [6.07, 6.45) is 0.0369. The molecule has 1 rings (SSSR count). The molecule has 0 aliphatic heterocycles. The molecule has 1 unspecified atom stereocenters. The number of rotatable bonds is 6. The van der Waals surface area contributed by atoms with Crippen LogP contribution in [0.1, 0.15) is 25.0 Å². The van der Waals surface area contributed by atoms with Crippen molar-refractivity contribution in [2.75, 3.05) is 19.6 Å². The first-order valence-corrected chi connectivity index (χ1v) is 5.60. The van der Waals surface area contributed by atoms with Crippen LogP contribution in [-0.2, 0) is 0 Å². The number of likely N-dealkylation sites (N-methyl/N-ethyl adjacent to an activating group) is 1. The number of hydrogen-bond acceptors (Lipinski definition) is 3. The number of aliphatic hydroxyl groups is 1. The van der Waals surface area contributed by atoms with Gasteiger partial charge in [-0.25, -0.2) is 0 Å². The Balaban J connectivity index is 2.49. The lowest BCUT2D eigenvalue weighted by Crippen LogP contribution is -2.29. The summed E-state index contributed by atoms with van der Waals surface area (Å²) in [5.74, 6) is 0. The Morgan fingerprint density at radius 1 is 1.38 bits per heavy atom. The lowest BCUT2D eigenvalue weighted by atomic mass is 10.1. The van der Waals surface area contributed by atoms with Crippen molar-refractivity contribution in [3.63, 3.8) is 0 Å². The summed E-state index contributed by atoms with van der Waals surface area (Å²) in [7, 11) is 0. The van der Waals surface area contributed by atoms with Gasteiger partial charge in [-0.05, 0) is 12.1 Å². The van der Waals surface area contributed by atoms with Gasteiger partial charge in [0.05, 0.1) is 12.2 Å². The van der Waals surface area contributed by atoms with Crippen LogP contribution in [-0.4, -0.2) is 29.6 Å². The number of hydrogen-bond donors (Lipinski definition) is 1. The average molecular weight is 218 g/mol. The van der Waals surface area contributed by atoms with E-state index in [1.165, 1.54) is 0 Å². The smallest absolute Gasteiger partial charge is 0.0916 e. The zero-order valence-electron chi connectivity index (χ0n) is 9.63. The van der Waals surface area contributed by atoms with Crippen LogP contribution in [0.15, 0.2) is 30.3 Å². The minimum atomic E-state index is -0.472. The van der Waals surface area contributed by atoms with Gasteiger partial charge < -0.3 is 5.11 Å². The predicted molar refractivity (Wildman–Crippen MR) is 63.7 cm³/mol. The van der Waals surface area contributed by atoms with Crippen LogP contribution in [0.4, 0.5) is 0 Å². The van der Waals surface area contributed by atoms with Crippen molar-refractivity contribution < 1.29 is 5.11 Å². The first kappa shape index (κ1) is 12.7. The molecule has 0 radical (unpaired) electrons. The molecule has 3 nitrogen and oxygen atoms in total. The highest BCUT2D eigenvalue weighted by Gasteiger charge is 2.11. The Kier molecular flexibility index (Phi) is 5.55. The van der Waals surface area contributed by atoms with Crippen LogP contribution in [0.25, 0.3) is 0 Å². The number of benzene rings is 1. The summed E-state index contributed by atoms with van der Waals surface area (Å²) in [5.41, 5.74) is 0.929. The molecule has 1 N–H and O–H groups in total. The normalized spacial score (nSPS) is 12.4. The van der Waals surface area contributed by atoms with E-state index in [4.69, 9.17) is 5.26 Å². The first-order valence-electron chi connectivity index (χ1n) is 5.60. The van der Waals surface area contributed by atoms with Crippen molar-refractivity contribution in [2.24, 2.45) is 0 Å². The number of nitrogens with zero attached hydrogens (tertiary/aromatic N) is 2. The van der Waals surface area contributed by atoms with Gasteiger partial charge in [-0.3, -0.25) is 4.90 Å². The molecule has 0 aromatic heterocycles. The zero-order chi connectivity index (χ0) is 11.8. The second-order valence-corrected chi connectivity index (χ2v) is 3.73. The molecule has 1 aromatic rings. The van der Waals surface area contributed by atoms with E-state index in [-0.39, 0.29) is 0 Å². The lowest BCUT2D eigenvalue weighted by Gasteiger charge is -2.22. The van der Waals surface area contributed by atoms with Crippen LogP contribution < -0.4 is 0 Å². The standard InChI is InChI=1S/C13H18N2O/c1-2-15(10-6-9-14)11-13(16)12-7-4-3-5-8-12/h3-5,7-8,13,16H,2,6,10-11H2,1H3. The van der Waals surface area contributed by atoms with Crippen LogP contribution >= 0.6 is 0 Å². The van der Waals surface area contributed by atoms with Crippen LogP contribution in [0.5, 0.6) is 0 Å². The Bertz CT molecular complexity index is 332. The van der Waals surface area contributed by atoms with Crippen molar-refractivity contribution in [2.45, 2.75) is 19.4 Å². The maximum absolute atomic E-state index is 10.00. The number of nitriles is 1. The van der Waals surface area contributed by atoms with E-state index in [1.807, 2.05) is 37.3 Å². The van der Waals surface area contributed by atoms with E-state index in [1.54, 1.807) is 0 Å². The molecule has 86 valence electrons. The second-order valence-electron chi connectivity index (χ2n) is 3.73. The molecular weight excluding hydrogens is 200 g/mol. The highest BCUT2D eigenvalue weighted by Crippen LogP contribution is 2.13. The molecule has 0 bridgehead atoms. The summed E-state index contributed by atoms with van der Waals surface area (Å²) >= 11 is 0. The van der Waals surface area contributed by atoms with Gasteiger partial charge in [0.25, 0.3) is 0 Å². The first-order chi connectivity index (χ1) is 7.77. The molecule has 16 heavy (non-hydrogen) atoms. The quantitative estimate of drug-likeness (QED) is 0.794. The molecule has 0 heterocycles.